The summed E-state index contributed by atoms with van der Waals surface area (Å²) in [6.45, 7) is 1.52. The van der Waals surface area contributed by atoms with E-state index in [9.17, 15) is 19.5 Å². The molecule has 31 heavy (non-hydrogen) atoms. The van der Waals surface area contributed by atoms with E-state index >= 15 is 0 Å². The van der Waals surface area contributed by atoms with Gasteiger partial charge >= 0.3 is 11.9 Å². The third-order valence-corrected chi connectivity index (χ3v) is 5.71. The van der Waals surface area contributed by atoms with Crippen LogP contribution >= 0.6 is 11.3 Å². The standard InChI is InChI=1S/C22H25NO7S/c1-3-29-22(27)20-15(14-6-7-14)12-31-21(20)23-18(25)11-30-19(26)9-5-13-4-8-17(28-2)16(24)10-13/h4,8,10,12,14,24H,3,5-7,9,11H2,1-2H3,(H,23,25). The van der Waals surface area contributed by atoms with Crippen LogP contribution in [0.5, 0.6) is 11.5 Å². The van der Waals surface area contributed by atoms with Gasteiger partial charge in [0, 0.05) is 6.42 Å². The number of hydrogen-bond donors (Lipinski definition) is 2. The lowest BCUT2D eigenvalue weighted by atomic mass is 10.1. The zero-order chi connectivity index (χ0) is 22.4. The highest BCUT2D eigenvalue weighted by atomic mass is 32.1. The molecule has 9 heteroatoms. The highest BCUT2D eigenvalue weighted by molar-refractivity contribution is 7.15. The average Bonchev–Trinajstić information content (AvgIpc) is 3.51. The third-order valence-electron chi connectivity index (χ3n) is 4.79. The quantitative estimate of drug-likeness (QED) is 0.535. The monoisotopic (exact) mass is 447 g/mol. The summed E-state index contributed by atoms with van der Waals surface area (Å²) in [4.78, 5) is 36.6. The van der Waals surface area contributed by atoms with Gasteiger partial charge in [0.15, 0.2) is 18.1 Å². The molecule has 0 bridgehead atoms. The molecule has 1 heterocycles. The van der Waals surface area contributed by atoms with Crippen molar-refractivity contribution < 1.29 is 33.7 Å². The van der Waals surface area contributed by atoms with Crippen LogP contribution in [0.15, 0.2) is 23.6 Å². The van der Waals surface area contributed by atoms with Crippen LogP contribution in [0.4, 0.5) is 5.00 Å². The van der Waals surface area contributed by atoms with Gasteiger partial charge in [0.2, 0.25) is 0 Å². The van der Waals surface area contributed by atoms with E-state index in [0.29, 0.717) is 28.7 Å². The van der Waals surface area contributed by atoms with E-state index in [4.69, 9.17) is 14.2 Å². The van der Waals surface area contributed by atoms with Gasteiger partial charge in [0.1, 0.15) is 5.00 Å². The third kappa shape index (κ3) is 5.97. The molecular weight excluding hydrogens is 422 g/mol. The van der Waals surface area contributed by atoms with E-state index < -0.39 is 24.5 Å². The van der Waals surface area contributed by atoms with Crippen LogP contribution in [0.3, 0.4) is 0 Å². The summed E-state index contributed by atoms with van der Waals surface area (Å²) in [5, 5.41) is 14.7. The molecule has 1 aliphatic rings. The molecule has 8 nitrogen and oxygen atoms in total. The van der Waals surface area contributed by atoms with Crippen LogP contribution < -0.4 is 10.1 Å². The topological polar surface area (TPSA) is 111 Å². The Balaban J connectivity index is 1.50. The first kappa shape index (κ1) is 22.6. The summed E-state index contributed by atoms with van der Waals surface area (Å²) < 4.78 is 15.1. The van der Waals surface area contributed by atoms with Crippen LogP contribution in [0.2, 0.25) is 0 Å². The number of methoxy groups -OCH3 is 1. The van der Waals surface area contributed by atoms with E-state index in [0.717, 1.165) is 24.0 Å². The minimum Gasteiger partial charge on any atom is -0.504 e. The minimum atomic E-state index is -0.541. The molecule has 1 aromatic carbocycles. The smallest absolute Gasteiger partial charge is 0.341 e. The Labute approximate surface area is 184 Å². The van der Waals surface area contributed by atoms with Crippen LogP contribution in [-0.4, -0.2) is 43.3 Å². The largest absolute Gasteiger partial charge is 0.504 e. The van der Waals surface area contributed by atoms with Crippen LogP contribution in [0.25, 0.3) is 0 Å². The lowest BCUT2D eigenvalue weighted by molar-refractivity contribution is -0.147. The van der Waals surface area contributed by atoms with Gasteiger partial charge in [-0.25, -0.2) is 4.79 Å². The van der Waals surface area contributed by atoms with E-state index in [1.165, 1.54) is 24.5 Å². The summed E-state index contributed by atoms with van der Waals surface area (Å²) >= 11 is 1.27. The number of ether oxygens (including phenoxy) is 3. The second-order valence-electron chi connectivity index (χ2n) is 7.10. The van der Waals surface area contributed by atoms with Crippen molar-refractivity contribution in [2.45, 2.75) is 38.5 Å². The molecule has 1 aromatic heterocycles. The van der Waals surface area contributed by atoms with Gasteiger partial charge in [-0.3, -0.25) is 9.59 Å². The molecule has 1 aliphatic carbocycles. The summed E-state index contributed by atoms with van der Waals surface area (Å²) in [6, 6.07) is 4.87. The van der Waals surface area contributed by atoms with Crippen molar-refractivity contribution in [1.29, 1.82) is 0 Å². The Morgan fingerprint density at radius 2 is 2.00 bits per heavy atom. The number of nitrogens with one attached hydrogen (secondary N) is 1. The molecule has 2 aromatic rings. The summed E-state index contributed by atoms with van der Waals surface area (Å²) in [5.41, 5.74) is 2.04. The van der Waals surface area contributed by atoms with Crippen molar-refractivity contribution in [3.8, 4) is 11.5 Å². The van der Waals surface area contributed by atoms with Crippen LogP contribution in [-0.2, 0) is 25.5 Å². The fourth-order valence-electron chi connectivity index (χ4n) is 3.09. The summed E-state index contributed by atoms with van der Waals surface area (Å²) in [5.74, 6) is -0.849. The van der Waals surface area contributed by atoms with Crippen molar-refractivity contribution in [2.24, 2.45) is 0 Å². The lowest BCUT2D eigenvalue weighted by Gasteiger charge is -2.09. The zero-order valence-corrected chi connectivity index (χ0v) is 18.3. The predicted molar refractivity (Wildman–Crippen MR) is 115 cm³/mol. The molecule has 1 amide bonds. The second-order valence-corrected chi connectivity index (χ2v) is 7.98. The molecule has 166 valence electrons. The number of anilines is 1. The molecule has 0 saturated heterocycles. The number of esters is 2. The van der Waals surface area contributed by atoms with Crippen LogP contribution in [0, 0.1) is 0 Å². The highest BCUT2D eigenvalue weighted by Gasteiger charge is 2.32. The number of aryl methyl sites for hydroxylation is 1. The number of aromatic hydroxyl groups is 1. The van der Waals surface area contributed by atoms with Gasteiger partial charge in [-0.05, 0) is 60.7 Å². The Morgan fingerprint density at radius 1 is 1.23 bits per heavy atom. The fraction of sp³-hybridized carbons (Fsp3) is 0.409. The van der Waals surface area contributed by atoms with E-state index in [-0.39, 0.29) is 18.8 Å². The number of benzene rings is 1. The van der Waals surface area contributed by atoms with Crippen molar-refractivity contribution in [2.75, 3.05) is 25.6 Å². The van der Waals surface area contributed by atoms with Gasteiger partial charge in [-0.1, -0.05) is 6.07 Å². The maximum absolute atomic E-state index is 12.3. The number of carbonyl (C=O) groups excluding carboxylic acids is 3. The van der Waals surface area contributed by atoms with Gasteiger partial charge < -0.3 is 24.6 Å². The molecule has 0 unspecified atom stereocenters. The predicted octanol–water partition coefficient (Wildman–Crippen LogP) is 3.63. The molecule has 2 N–H and O–H groups in total. The van der Waals surface area contributed by atoms with E-state index in [2.05, 4.69) is 5.32 Å². The maximum Gasteiger partial charge on any atom is 0.341 e. The number of carbonyl (C=O) groups is 3. The maximum atomic E-state index is 12.3. The Hall–Kier alpha value is -3.07. The van der Waals surface area contributed by atoms with Gasteiger partial charge in [0.05, 0.1) is 19.3 Å². The van der Waals surface area contributed by atoms with E-state index in [1.54, 1.807) is 19.1 Å². The number of thiophene rings is 1. The first-order valence-electron chi connectivity index (χ1n) is 10.0. The first-order chi connectivity index (χ1) is 14.9. The lowest BCUT2D eigenvalue weighted by Crippen LogP contribution is -2.22. The molecule has 0 atom stereocenters. The van der Waals surface area contributed by atoms with Gasteiger partial charge in [0.25, 0.3) is 5.91 Å². The molecular formula is C22H25NO7S. The Kier molecular flexibility index (Phi) is 7.51. The summed E-state index contributed by atoms with van der Waals surface area (Å²) in [7, 11) is 1.45. The molecule has 3 rings (SSSR count). The van der Waals surface area contributed by atoms with Gasteiger partial charge in [-0.15, -0.1) is 11.3 Å². The molecule has 1 fully saturated rings. The zero-order valence-electron chi connectivity index (χ0n) is 17.4. The van der Waals surface area contributed by atoms with Gasteiger partial charge in [-0.2, -0.15) is 0 Å². The molecule has 0 radical (unpaired) electrons. The average molecular weight is 448 g/mol. The minimum absolute atomic E-state index is 0.00772. The molecule has 0 spiro atoms. The highest BCUT2D eigenvalue weighted by Crippen LogP contribution is 2.46. The molecule has 1 saturated carbocycles. The van der Waals surface area contributed by atoms with Crippen molar-refractivity contribution >= 4 is 34.2 Å². The number of phenolic OH excluding ortho intramolecular Hbond substituents is 1. The van der Waals surface area contributed by atoms with Crippen molar-refractivity contribution in [3.63, 3.8) is 0 Å². The van der Waals surface area contributed by atoms with Crippen LogP contribution in [0.1, 0.15) is 53.6 Å². The number of hydrogen-bond acceptors (Lipinski definition) is 8. The SMILES string of the molecule is CCOC(=O)c1c(C2CC2)csc1NC(=O)COC(=O)CCc1ccc(OC)c(O)c1. The second kappa shape index (κ2) is 10.3. The number of rotatable bonds is 10. The van der Waals surface area contributed by atoms with Crippen molar-refractivity contribution in [3.05, 3.63) is 40.3 Å². The Bertz CT molecular complexity index is 965. The van der Waals surface area contributed by atoms with Crippen molar-refractivity contribution in [1.82, 2.24) is 0 Å². The number of amides is 1. The number of phenols is 1. The van der Waals surface area contributed by atoms with E-state index in [1.807, 2.05) is 5.38 Å². The Morgan fingerprint density at radius 3 is 2.65 bits per heavy atom. The molecule has 0 aliphatic heterocycles. The fourth-order valence-corrected chi connectivity index (χ4v) is 4.14. The summed E-state index contributed by atoms with van der Waals surface area (Å²) in [6.07, 6.45) is 2.43. The normalized spacial score (nSPS) is 12.8. The first-order valence-corrected chi connectivity index (χ1v) is 10.9.